The molecule has 3 rings (SSSR count). The van der Waals surface area contributed by atoms with Gasteiger partial charge in [-0.3, -0.25) is 0 Å². The molecule has 0 aliphatic carbocycles. The monoisotopic (exact) mass is 302 g/mol. The summed E-state index contributed by atoms with van der Waals surface area (Å²) in [5.74, 6) is 1.34. The van der Waals surface area contributed by atoms with E-state index in [0.29, 0.717) is 6.54 Å². The van der Waals surface area contributed by atoms with E-state index in [0.717, 1.165) is 27.5 Å². The molecular formula is C15H15FN4S. The van der Waals surface area contributed by atoms with Crippen LogP contribution in [0.25, 0.3) is 10.2 Å². The van der Waals surface area contributed by atoms with Crippen LogP contribution < -0.4 is 10.2 Å². The van der Waals surface area contributed by atoms with Gasteiger partial charge in [0.1, 0.15) is 16.5 Å². The molecule has 0 aliphatic heterocycles. The van der Waals surface area contributed by atoms with Gasteiger partial charge in [-0.2, -0.15) is 0 Å². The molecular weight excluding hydrogens is 287 g/mol. The fourth-order valence-electron chi connectivity index (χ4n) is 2.16. The first kappa shape index (κ1) is 13.8. The molecule has 0 saturated carbocycles. The van der Waals surface area contributed by atoms with E-state index in [4.69, 9.17) is 0 Å². The van der Waals surface area contributed by atoms with Gasteiger partial charge in [-0.1, -0.05) is 0 Å². The summed E-state index contributed by atoms with van der Waals surface area (Å²) in [5, 5.41) is 6.15. The lowest BCUT2D eigenvalue weighted by atomic mass is 10.3. The zero-order chi connectivity index (χ0) is 14.8. The molecule has 1 N–H and O–H groups in total. The Labute approximate surface area is 126 Å². The van der Waals surface area contributed by atoms with Crippen LogP contribution in [0.5, 0.6) is 0 Å². The lowest BCUT2D eigenvalue weighted by molar-refractivity contribution is 0.627. The number of rotatable bonds is 4. The molecule has 0 amide bonds. The quantitative estimate of drug-likeness (QED) is 0.801. The van der Waals surface area contributed by atoms with E-state index >= 15 is 0 Å². The number of fused-ring (bicyclic) bond motifs is 1. The maximum atomic E-state index is 13.0. The third-order valence-corrected chi connectivity index (χ3v) is 4.06. The van der Waals surface area contributed by atoms with Crippen molar-refractivity contribution in [1.29, 1.82) is 0 Å². The van der Waals surface area contributed by atoms with E-state index in [1.807, 2.05) is 30.4 Å². The molecule has 0 unspecified atom stereocenters. The summed E-state index contributed by atoms with van der Waals surface area (Å²) in [6, 6.07) is 8.41. The summed E-state index contributed by atoms with van der Waals surface area (Å²) in [4.78, 5) is 12.1. The Morgan fingerprint density at radius 1 is 1.19 bits per heavy atom. The predicted molar refractivity (Wildman–Crippen MR) is 85.5 cm³/mol. The van der Waals surface area contributed by atoms with Gasteiger partial charge in [0.25, 0.3) is 0 Å². The van der Waals surface area contributed by atoms with Gasteiger partial charge in [0, 0.05) is 19.8 Å². The summed E-state index contributed by atoms with van der Waals surface area (Å²) in [6.07, 6.45) is 0. The standard InChI is InChI=1S/C15H15FN4S/c1-17-14-12-7-8-21-15(12)19-13(18-14)9-20(2)11-5-3-10(16)4-6-11/h3-8H,9H2,1-2H3,(H,17,18,19). The molecule has 4 nitrogen and oxygen atoms in total. The molecule has 108 valence electrons. The second kappa shape index (κ2) is 5.65. The van der Waals surface area contributed by atoms with E-state index in [2.05, 4.69) is 15.3 Å². The lowest BCUT2D eigenvalue weighted by Gasteiger charge is -2.18. The highest BCUT2D eigenvalue weighted by molar-refractivity contribution is 7.16. The van der Waals surface area contributed by atoms with Gasteiger partial charge >= 0.3 is 0 Å². The number of benzene rings is 1. The third-order valence-electron chi connectivity index (χ3n) is 3.25. The van der Waals surface area contributed by atoms with Gasteiger partial charge in [-0.25, -0.2) is 14.4 Å². The number of hydrogen-bond donors (Lipinski definition) is 1. The van der Waals surface area contributed by atoms with Gasteiger partial charge < -0.3 is 10.2 Å². The molecule has 21 heavy (non-hydrogen) atoms. The number of nitrogens with one attached hydrogen (secondary N) is 1. The Hall–Kier alpha value is -2.21. The van der Waals surface area contributed by atoms with Gasteiger partial charge in [0.05, 0.1) is 11.9 Å². The first-order chi connectivity index (χ1) is 10.2. The number of nitrogens with zero attached hydrogens (tertiary/aromatic N) is 3. The Kier molecular flexibility index (Phi) is 3.70. The lowest BCUT2D eigenvalue weighted by Crippen LogP contribution is -2.18. The zero-order valence-electron chi connectivity index (χ0n) is 11.8. The summed E-state index contributed by atoms with van der Waals surface area (Å²) in [6.45, 7) is 0.564. The SMILES string of the molecule is CNc1nc(CN(C)c2ccc(F)cc2)nc2sccc12. The normalized spacial score (nSPS) is 10.8. The third kappa shape index (κ3) is 2.80. The van der Waals surface area contributed by atoms with Crippen LogP contribution in [0.1, 0.15) is 5.82 Å². The average molecular weight is 302 g/mol. The maximum Gasteiger partial charge on any atom is 0.151 e. The van der Waals surface area contributed by atoms with E-state index < -0.39 is 0 Å². The van der Waals surface area contributed by atoms with Crippen molar-refractivity contribution in [2.75, 3.05) is 24.3 Å². The number of thiophene rings is 1. The molecule has 6 heteroatoms. The fourth-order valence-corrected chi connectivity index (χ4v) is 2.94. The van der Waals surface area contributed by atoms with Crippen LogP contribution in [-0.2, 0) is 6.54 Å². The Morgan fingerprint density at radius 2 is 1.95 bits per heavy atom. The smallest absolute Gasteiger partial charge is 0.151 e. The highest BCUT2D eigenvalue weighted by Gasteiger charge is 2.10. The van der Waals surface area contributed by atoms with Crippen LogP contribution in [0.3, 0.4) is 0 Å². The van der Waals surface area contributed by atoms with Crippen molar-refractivity contribution in [2.45, 2.75) is 6.54 Å². The molecule has 0 saturated heterocycles. The van der Waals surface area contributed by atoms with E-state index in [-0.39, 0.29) is 5.82 Å². The molecule has 0 bridgehead atoms. The second-order valence-corrected chi connectivity index (χ2v) is 5.60. The van der Waals surface area contributed by atoms with Crippen molar-refractivity contribution >= 4 is 33.1 Å². The Morgan fingerprint density at radius 3 is 2.67 bits per heavy atom. The van der Waals surface area contributed by atoms with Crippen LogP contribution >= 0.6 is 11.3 Å². The Balaban J connectivity index is 1.88. The van der Waals surface area contributed by atoms with Crippen molar-refractivity contribution in [1.82, 2.24) is 9.97 Å². The second-order valence-electron chi connectivity index (χ2n) is 4.71. The highest BCUT2D eigenvalue weighted by Crippen LogP contribution is 2.25. The number of halogens is 1. The van der Waals surface area contributed by atoms with Crippen molar-refractivity contribution in [3.05, 3.63) is 47.4 Å². The average Bonchev–Trinajstić information content (AvgIpc) is 2.95. The van der Waals surface area contributed by atoms with Crippen molar-refractivity contribution in [3.63, 3.8) is 0 Å². The molecule has 1 aromatic carbocycles. The molecule has 0 fully saturated rings. The van der Waals surface area contributed by atoms with Crippen molar-refractivity contribution in [3.8, 4) is 0 Å². The summed E-state index contributed by atoms with van der Waals surface area (Å²) < 4.78 is 13.0. The zero-order valence-corrected chi connectivity index (χ0v) is 12.6. The molecule has 3 aromatic rings. The van der Waals surface area contributed by atoms with E-state index in [1.54, 1.807) is 23.5 Å². The van der Waals surface area contributed by atoms with Crippen LogP contribution in [0.2, 0.25) is 0 Å². The summed E-state index contributed by atoms with van der Waals surface area (Å²) >= 11 is 1.60. The maximum absolute atomic E-state index is 13.0. The van der Waals surface area contributed by atoms with Crippen molar-refractivity contribution in [2.24, 2.45) is 0 Å². The first-order valence-corrected chi connectivity index (χ1v) is 7.44. The van der Waals surface area contributed by atoms with E-state index in [1.165, 1.54) is 12.1 Å². The minimum absolute atomic E-state index is 0.235. The molecule has 2 aromatic heterocycles. The molecule has 0 aliphatic rings. The highest BCUT2D eigenvalue weighted by atomic mass is 32.1. The van der Waals surface area contributed by atoms with Crippen molar-refractivity contribution < 1.29 is 4.39 Å². The van der Waals surface area contributed by atoms with E-state index in [9.17, 15) is 4.39 Å². The topological polar surface area (TPSA) is 41.1 Å². The summed E-state index contributed by atoms with van der Waals surface area (Å²) in [7, 11) is 3.79. The van der Waals surface area contributed by atoms with Gasteiger partial charge in [0.2, 0.25) is 0 Å². The molecule has 0 radical (unpaired) electrons. The Bertz CT molecular complexity index is 754. The van der Waals surface area contributed by atoms with Crippen LogP contribution in [0.4, 0.5) is 15.9 Å². The van der Waals surface area contributed by atoms with Gasteiger partial charge in [-0.15, -0.1) is 11.3 Å². The predicted octanol–water partition coefficient (Wildman–Crippen LogP) is 3.51. The number of hydrogen-bond acceptors (Lipinski definition) is 5. The molecule has 0 spiro atoms. The van der Waals surface area contributed by atoms with Crippen LogP contribution in [-0.4, -0.2) is 24.1 Å². The minimum Gasteiger partial charge on any atom is -0.372 e. The number of anilines is 2. The van der Waals surface area contributed by atoms with Crippen LogP contribution in [0.15, 0.2) is 35.7 Å². The van der Waals surface area contributed by atoms with Crippen LogP contribution in [0, 0.1) is 5.82 Å². The fraction of sp³-hybridized carbons (Fsp3) is 0.200. The molecule has 2 heterocycles. The largest absolute Gasteiger partial charge is 0.372 e. The van der Waals surface area contributed by atoms with Gasteiger partial charge in [0.15, 0.2) is 5.82 Å². The number of aromatic nitrogens is 2. The van der Waals surface area contributed by atoms with Gasteiger partial charge in [-0.05, 0) is 35.7 Å². The molecule has 0 atom stereocenters. The summed E-state index contributed by atoms with van der Waals surface area (Å²) in [5.41, 5.74) is 0.928. The minimum atomic E-state index is -0.235. The first-order valence-electron chi connectivity index (χ1n) is 6.56.